The molecule has 1 heterocycles. The van der Waals surface area contributed by atoms with Crippen LogP contribution in [0.15, 0.2) is 11.6 Å². The fraction of sp³-hybridized carbons (Fsp3) is 0.769. The zero-order chi connectivity index (χ0) is 11.8. The SMILES string of the molecule is CNC1(c2nccs2)CC(C)CC(C)(C)C1. The summed E-state index contributed by atoms with van der Waals surface area (Å²) in [5.74, 6) is 0.764. The second kappa shape index (κ2) is 4.11. The summed E-state index contributed by atoms with van der Waals surface area (Å²) < 4.78 is 0. The number of aromatic nitrogens is 1. The van der Waals surface area contributed by atoms with Crippen molar-refractivity contribution < 1.29 is 0 Å². The number of thiazole rings is 1. The predicted molar refractivity (Wildman–Crippen MR) is 69.6 cm³/mol. The molecule has 2 nitrogen and oxygen atoms in total. The van der Waals surface area contributed by atoms with Crippen molar-refractivity contribution in [2.45, 2.75) is 45.6 Å². The number of nitrogens with one attached hydrogen (secondary N) is 1. The number of rotatable bonds is 2. The van der Waals surface area contributed by atoms with Gasteiger partial charge in [0, 0.05) is 11.6 Å². The van der Waals surface area contributed by atoms with Crippen LogP contribution in [0.5, 0.6) is 0 Å². The van der Waals surface area contributed by atoms with E-state index in [9.17, 15) is 0 Å². The van der Waals surface area contributed by atoms with Crippen molar-refractivity contribution in [2.75, 3.05) is 7.05 Å². The van der Waals surface area contributed by atoms with Gasteiger partial charge in [0.2, 0.25) is 0 Å². The molecule has 90 valence electrons. The molecule has 0 bridgehead atoms. The molecule has 2 atom stereocenters. The normalized spacial score (nSPS) is 33.9. The Morgan fingerprint density at radius 1 is 1.44 bits per heavy atom. The molecule has 1 fully saturated rings. The number of hydrogen-bond donors (Lipinski definition) is 1. The first-order chi connectivity index (χ1) is 7.47. The van der Waals surface area contributed by atoms with Crippen LogP contribution in [0.3, 0.4) is 0 Å². The van der Waals surface area contributed by atoms with Gasteiger partial charge in [-0.15, -0.1) is 11.3 Å². The lowest BCUT2D eigenvalue weighted by atomic mass is 9.64. The highest BCUT2D eigenvalue weighted by Gasteiger charge is 2.44. The van der Waals surface area contributed by atoms with Crippen molar-refractivity contribution in [2.24, 2.45) is 11.3 Å². The van der Waals surface area contributed by atoms with E-state index in [1.165, 1.54) is 24.3 Å². The van der Waals surface area contributed by atoms with Gasteiger partial charge in [0.25, 0.3) is 0 Å². The van der Waals surface area contributed by atoms with Crippen LogP contribution >= 0.6 is 11.3 Å². The summed E-state index contributed by atoms with van der Waals surface area (Å²) in [6.45, 7) is 7.12. The first kappa shape index (κ1) is 12.1. The molecule has 0 aliphatic heterocycles. The third kappa shape index (κ3) is 2.16. The first-order valence-corrected chi connectivity index (χ1v) is 6.94. The lowest BCUT2D eigenvalue weighted by Crippen LogP contribution is -2.48. The zero-order valence-electron chi connectivity index (χ0n) is 10.7. The Balaban J connectivity index is 2.34. The fourth-order valence-electron chi connectivity index (χ4n) is 3.49. The van der Waals surface area contributed by atoms with Crippen molar-refractivity contribution in [3.05, 3.63) is 16.6 Å². The van der Waals surface area contributed by atoms with Gasteiger partial charge in [-0.05, 0) is 37.6 Å². The maximum absolute atomic E-state index is 4.54. The minimum Gasteiger partial charge on any atom is -0.308 e. The van der Waals surface area contributed by atoms with Gasteiger partial charge in [0.15, 0.2) is 0 Å². The van der Waals surface area contributed by atoms with Crippen LogP contribution in [0.2, 0.25) is 0 Å². The van der Waals surface area contributed by atoms with Crippen LogP contribution in [-0.4, -0.2) is 12.0 Å². The third-order valence-corrected chi connectivity index (χ3v) is 4.68. The van der Waals surface area contributed by atoms with Crippen molar-refractivity contribution in [3.8, 4) is 0 Å². The highest BCUT2D eigenvalue weighted by Crippen LogP contribution is 2.48. The van der Waals surface area contributed by atoms with Crippen LogP contribution in [0.4, 0.5) is 0 Å². The standard InChI is InChI=1S/C13H22N2S/c1-10-7-12(2,3)9-13(8-10,14-4)11-15-5-6-16-11/h5-6,10,14H,7-9H2,1-4H3. The Labute approximate surface area is 102 Å². The lowest BCUT2D eigenvalue weighted by molar-refractivity contribution is 0.0851. The molecule has 0 spiro atoms. The Morgan fingerprint density at radius 2 is 2.19 bits per heavy atom. The highest BCUT2D eigenvalue weighted by atomic mass is 32.1. The van der Waals surface area contributed by atoms with E-state index in [-0.39, 0.29) is 5.54 Å². The van der Waals surface area contributed by atoms with E-state index >= 15 is 0 Å². The molecule has 0 radical (unpaired) electrons. The quantitative estimate of drug-likeness (QED) is 0.854. The molecule has 16 heavy (non-hydrogen) atoms. The Kier molecular flexibility index (Phi) is 3.10. The van der Waals surface area contributed by atoms with Crippen LogP contribution in [0.1, 0.15) is 45.0 Å². The van der Waals surface area contributed by atoms with E-state index in [2.05, 4.69) is 43.5 Å². The zero-order valence-corrected chi connectivity index (χ0v) is 11.5. The second-order valence-electron chi connectivity index (χ2n) is 6.02. The topological polar surface area (TPSA) is 24.9 Å². The summed E-state index contributed by atoms with van der Waals surface area (Å²) in [6, 6.07) is 0. The summed E-state index contributed by atoms with van der Waals surface area (Å²) in [5, 5.41) is 6.90. The van der Waals surface area contributed by atoms with Gasteiger partial charge in [-0.2, -0.15) is 0 Å². The second-order valence-corrected chi connectivity index (χ2v) is 6.92. The van der Waals surface area contributed by atoms with E-state index in [0.29, 0.717) is 5.41 Å². The van der Waals surface area contributed by atoms with Crippen molar-refractivity contribution in [1.29, 1.82) is 0 Å². The summed E-state index contributed by atoms with van der Waals surface area (Å²) in [7, 11) is 2.08. The van der Waals surface area contributed by atoms with E-state index in [4.69, 9.17) is 0 Å². The van der Waals surface area contributed by atoms with E-state index < -0.39 is 0 Å². The average molecular weight is 238 g/mol. The van der Waals surface area contributed by atoms with E-state index in [1.54, 1.807) is 11.3 Å². The molecule has 0 aromatic carbocycles. The molecule has 0 amide bonds. The summed E-state index contributed by atoms with van der Waals surface area (Å²) in [6.07, 6.45) is 5.64. The maximum Gasteiger partial charge on any atom is 0.113 e. The molecule has 1 aliphatic rings. The molecule has 2 rings (SSSR count). The van der Waals surface area contributed by atoms with Crippen molar-refractivity contribution in [1.82, 2.24) is 10.3 Å². The van der Waals surface area contributed by atoms with Gasteiger partial charge >= 0.3 is 0 Å². The lowest BCUT2D eigenvalue weighted by Gasteiger charge is -2.46. The molecule has 1 aliphatic carbocycles. The van der Waals surface area contributed by atoms with Crippen molar-refractivity contribution in [3.63, 3.8) is 0 Å². The molecule has 1 saturated carbocycles. The van der Waals surface area contributed by atoms with Gasteiger partial charge in [0.05, 0.1) is 5.54 Å². The molecule has 0 saturated heterocycles. The largest absolute Gasteiger partial charge is 0.308 e. The third-order valence-electron chi connectivity index (χ3n) is 3.70. The monoisotopic (exact) mass is 238 g/mol. The molecule has 1 aromatic heterocycles. The van der Waals surface area contributed by atoms with Gasteiger partial charge in [-0.25, -0.2) is 4.98 Å². The van der Waals surface area contributed by atoms with E-state index in [0.717, 1.165) is 5.92 Å². The van der Waals surface area contributed by atoms with Crippen molar-refractivity contribution >= 4 is 11.3 Å². The molecule has 1 aromatic rings. The van der Waals surface area contributed by atoms with Crippen LogP contribution in [0.25, 0.3) is 0 Å². The number of hydrogen-bond acceptors (Lipinski definition) is 3. The Hall–Kier alpha value is -0.410. The van der Waals surface area contributed by atoms with Crippen LogP contribution < -0.4 is 5.32 Å². The minimum atomic E-state index is 0.106. The van der Waals surface area contributed by atoms with Gasteiger partial charge in [-0.1, -0.05) is 20.8 Å². The number of nitrogens with zero attached hydrogens (tertiary/aromatic N) is 1. The fourth-order valence-corrected chi connectivity index (χ4v) is 4.35. The Morgan fingerprint density at radius 3 is 2.69 bits per heavy atom. The Bertz CT molecular complexity index is 345. The minimum absolute atomic E-state index is 0.106. The summed E-state index contributed by atoms with van der Waals surface area (Å²) >= 11 is 1.78. The molecular weight excluding hydrogens is 216 g/mol. The highest BCUT2D eigenvalue weighted by molar-refractivity contribution is 7.09. The van der Waals surface area contributed by atoms with Crippen LogP contribution in [0, 0.1) is 11.3 Å². The summed E-state index contributed by atoms with van der Waals surface area (Å²) in [4.78, 5) is 4.54. The first-order valence-electron chi connectivity index (χ1n) is 6.06. The average Bonchev–Trinajstić information content (AvgIpc) is 2.67. The summed E-state index contributed by atoms with van der Waals surface area (Å²) in [5.41, 5.74) is 0.516. The van der Waals surface area contributed by atoms with Gasteiger partial charge < -0.3 is 5.32 Å². The molecule has 3 heteroatoms. The molecule has 1 N–H and O–H groups in total. The maximum atomic E-state index is 4.54. The van der Waals surface area contributed by atoms with Gasteiger partial charge in [0.1, 0.15) is 5.01 Å². The smallest absolute Gasteiger partial charge is 0.113 e. The predicted octanol–water partition coefficient (Wildman–Crippen LogP) is 3.40. The van der Waals surface area contributed by atoms with E-state index in [1.807, 2.05) is 6.20 Å². The molecule has 2 unspecified atom stereocenters. The molecular formula is C13H22N2S. The van der Waals surface area contributed by atoms with Gasteiger partial charge in [-0.3, -0.25) is 0 Å². The van der Waals surface area contributed by atoms with Crippen LogP contribution in [-0.2, 0) is 5.54 Å².